The van der Waals surface area contributed by atoms with E-state index in [4.69, 9.17) is 14.2 Å². The summed E-state index contributed by atoms with van der Waals surface area (Å²) in [5.74, 6) is -1.11. The Balaban J connectivity index is 1.82. The van der Waals surface area contributed by atoms with Gasteiger partial charge in [0.1, 0.15) is 6.61 Å². The average Bonchev–Trinajstić information content (AvgIpc) is 3.19. The second-order valence-electron chi connectivity index (χ2n) is 6.15. The molecule has 8 nitrogen and oxygen atoms in total. The first-order valence-corrected chi connectivity index (χ1v) is 9.03. The Morgan fingerprint density at radius 1 is 1.19 bits per heavy atom. The minimum absolute atomic E-state index is 0.0301. The molecule has 1 saturated heterocycles. The van der Waals surface area contributed by atoms with Crippen LogP contribution >= 0.6 is 0 Å². The number of hydrogen-bond donors (Lipinski definition) is 2. The first-order chi connectivity index (χ1) is 13.1. The number of anilines is 1. The molecular formula is C19H26N2O6. The highest BCUT2D eigenvalue weighted by atomic mass is 16.6. The van der Waals surface area contributed by atoms with E-state index in [0.29, 0.717) is 24.4 Å². The van der Waals surface area contributed by atoms with Crippen molar-refractivity contribution in [2.24, 2.45) is 0 Å². The lowest BCUT2D eigenvalue weighted by Gasteiger charge is -2.13. The lowest BCUT2D eigenvalue weighted by atomic mass is 10.1. The highest BCUT2D eigenvalue weighted by Crippen LogP contribution is 2.16. The Hall–Kier alpha value is -2.45. The number of esters is 1. The molecule has 0 radical (unpaired) electrons. The zero-order chi connectivity index (χ0) is 19.5. The molecule has 1 aliphatic heterocycles. The van der Waals surface area contributed by atoms with E-state index in [2.05, 4.69) is 10.6 Å². The summed E-state index contributed by atoms with van der Waals surface area (Å²) in [4.78, 5) is 36.0. The van der Waals surface area contributed by atoms with Gasteiger partial charge in [-0.1, -0.05) is 12.1 Å². The van der Waals surface area contributed by atoms with Gasteiger partial charge in [-0.15, -0.1) is 0 Å². The van der Waals surface area contributed by atoms with E-state index < -0.39 is 5.97 Å². The van der Waals surface area contributed by atoms with E-state index in [1.165, 1.54) is 7.11 Å². The highest BCUT2D eigenvalue weighted by molar-refractivity contribution is 6.04. The van der Waals surface area contributed by atoms with E-state index in [-0.39, 0.29) is 37.4 Å². The number of ether oxygens (including phenoxy) is 3. The van der Waals surface area contributed by atoms with Crippen LogP contribution in [0.3, 0.4) is 0 Å². The number of benzene rings is 1. The van der Waals surface area contributed by atoms with E-state index in [0.717, 1.165) is 19.4 Å². The maximum Gasteiger partial charge on any atom is 0.306 e. The number of amides is 2. The summed E-state index contributed by atoms with van der Waals surface area (Å²) >= 11 is 0. The van der Waals surface area contributed by atoms with Gasteiger partial charge in [0.25, 0.3) is 5.91 Å². The van der Waals surface area contributed by atoms with Crippen LogP contribution in [0.5, 0.6) is 0 Å². The van der Waals surface area contributed by atoms with Gasteiger partial charge in [-0.25, -0.2) is 0 Å². The Bertz CT molecular complexity index is 643. The molecule has 1 aliphatic rings. The molecular weight excluding hydrogens is 352 g/mol. The fourth-order valence-corrected chi connectivity index (χ4v) is 2.64. The van der Waals surface area contributed by atoms with Gasteiger partial charge in [0.2, 0.25) is 5.91 Å². The number of carbonyl (C=O) groups is 3. The number of para-hydroxylation sites is 1. The SMILES string of the molecule is COCCOC(=O)CCC(=O)Nc1ccccc1C(=O)NCC1CCCO1. The number of hydrogen-bond acceptors (Lipinski definition) is 6. The third kappa shape index (κ3) is 7.36. The van der Waals surface area contributed by atoms with Crippen molar-refractivity contribution in [1.29, 1.82) is 0 Å². The van der Waals surface area contributed by atoms with Crippen LogP contribution in [0, 0.1) is 0 Å². The Kier molecular flexibility index (Phi) is 8.73. The van der Waals surface area contributed by atoms with Gasteiger partial charge < -0.3 is 24.8 Å². The van der Waals surface area contributed by atoms with Crippen LogP contribution in [0.15, 0.2) is 24.3 Å². The smallest absolute Gasteiger partial charge is 0.306 e. The summed E-state index contributed by atoms with van der Waals surface area (Å²) in [5.41, 5.74) is 0.770. The lowest BCUT2D eigenvalue weighted by Crippen LogP contribution is -2.32. The van der Waals surface area contributed by atoms with Gasteiger partial charge >= 0.3 is 5.97 Å². The van der Waals surface area contributed by atoms with Gasteiger partial charge in [-0.3, -0.25) is 14.4 Å². The van der Waals surface area contributed by atoms with Crippen LogP contribution in [-0.4, -0.2) is 57.4 Å². The number of nitrogens with one attached hydrogen (secondary N) is 2. The molecule has 27 heavy (non-hydrogen) atoms. The summed E-state index contributed by atoms with van der Waals surface area (Å²) in [6, 6.07) is 6.74. The van der Waals surface area contributed by atoms with Gasteiger partial charge in [0.15, 0.2) is 0 Å². The molecule has 0 saturated carbocycles. The standard InChI is InChI=1S/C19H26N2O6/c1-25-11-12-27-18(23)9-8-17(22)21-16-7-3-2-6-15(16)19(24)20-13-14-5-4-10-26-14/h2-3,6-7,14H,4-5,8-13H2,1H3,(H,20,24)(H,21,22). The summed E-state index contributed by atoms with van der Waals surface area (Å²) in [6.07, 6.45) is 1.90. The predicted octanol–water partition coefficient (Wildman–Crippen LogP) is 1.50. The zero-order valence-electron chi connectivity index (χ0n) is 15.5. The van der Waals surface area contributed by atoms with Crippen molar-refractivity contribution in [1.82, 2.24) is 5.32 Å². The third-order valence-corrected chi connectivity index (χ3v) is 4.07. The molecule has 1 unspecified atom stereocenters. The minimum Gasteiger partial charge on any atom is -0.463 e. The Labute approximate surface area is 158 Å². The van der Waals surface area contributed by atoms with E-state index in [9.17, 15) is 14.4 Å². The molecule has 1 aromatic carbocycles. The first-order valence-electron chi connectivity index (χ1n) is 9.03. The molecule has 148 valence electrons. The first kappa shape index (κ1) is 20.9. The summed E-state index contributed by atoms with van der Waals surface area (Å²) in [6.45, 7) is 1.63. The number of methoxy groups -OCH3 is 1. The normalized spacial score (nSPS) is 16.0. The quantitative estimate of drug-likeness (QED) is 0.472. The van der Waals surface area contributed by atoms with E-state index in [1.807, 2.05) is 0 Å². The van der Waals surface area contributed by atoms with Gasteiger partial charge in [-0.2, -0.15) is 0 Å². The van der Waals surface area contributed by atoms with Crippen molar-refractivity contribution >= 4 is 23.5 Å². The molecule has 1 atom stereocenters. The maximum atomic E-state index is 12.4. The van der Waals surface area contributed by atoms with Crippen LogP contribution in [0.2, 0.25) is 0 Å². The second-order valence-corrected chi connectivity index (χ2v) is 6.15. The fourth-order valence-electron chi connectivity index (χ4n) is 2.64. The molecule has 1 aromatic rings. The maximum absolute atomic E-state index is 12.4. The third-order valence-electron chi connectivity index (χ3n) is 4.07. The van der Waals surface area contributed by atoms with Crippen LogP contribution in [0.1, 0.15) is 36.0 Å². The molecule has 2 N–H and O–H groups in total. The van der Waals surface area contributed by atoms with E-state index >= 15 is 0 Å². The van der Waals surface area contributed by atoms with Gasteiger partial charge in [-0.05, 0) is 25.0 Å². The molecule has 1 heterocycles. The molecule has 8 heteroatoms. The molecule has 0 spiro atoms. The summed E-state index contributed by atoms with van der Waals surface area (Å²) < 4.78 is 15.2. The van der Waals surface area contributed by atoms with Crippen LogP contribution in [0.25, 0.3) is 0 Å². The highest BCUT2D eigenvalue weighted by Gasteiger charge is 2.18. The molecule has 0 aromatic heterocycles. The van der Waals surface area contributed by atoms with Crippen LogP contribution in [-0.2, 0) is 23.8 Å². The molecule has 0 aliphatic carbocycles. The predicted molar refractivity (Wildman–Crippen MR) is 98.4 cm³/mol. The fraction of sp³-hybridized carbons (Fsp3) is 0.526. The molecule has 2 amide bonds. The topological polar surface area (TPSA) is 103 Å². The average molecular weight is 378 g/mol. The number of carbonyl (C=O) groups excluding carboxylic acids is 3. The van der Waals surface area contributed by atoms with Crippen LogP contribution < -0.4 is 10.6 Å². The number of rotatable bonds is 10. The van der Waals surface area contributed by atoms with Crippen molar-refractivity contribution in [3.63, 3.8) is 0 Å². The Morgan fingerprint density at radius 2 is 2.00 bits per heavy atom. The van der Waals surface area contributed by atoms with E-state index in [1.54, 1.807) is 24.3 Å². The summed E-state index contributed by atoms with van der Waals surface area (Å²) in [5, 5.41) is 5.51. The van der Waals surface area contributed by atoms with Crippen molar-refractivity contribution in [2.75, 3.05) is 38.8 Å². The molecule has 2 rings (SSSR count). The minimum atomic E-state index is -0.468. The van der Waals surface area contributed by atoms with Crippen molar-refractivity contribution < 1.29 is 28.6 Å². The Morgan fingerprint density at radius 3 is 2.74 bits per heavy atom. The zero-order valence-corrected chi connectivity index (χ0v) is 15.5. The van der Waals surface area contributed by atoms with Crippen molar-refractivity contribution in [2.45, 2.75) is 31.8 Å². The van der Waals surface area contributed by atoms with Crippen molar-refractivity contribution in [3.05, 3.63) is 29.8 Å². The molecule has 1 fully saturated rings. The largest absolute Gasteiger partial charge is 0.463 e. The summed E-state index contributed by atoms with van der Waals surface area (Å²) in [7, 11) is 1.51. The van der Waals surface area contributed by atoms with Crippen LogP contribution in [0.4, 0.5) is 5.69 Å². The van der Waals surface area contributed by atoms with Gasteiger partial charge in [0.05, 0.1) is 30.4 Å². The molecule has 0 bridgehead atoms. The van der Waals surface area contributed by atoms with Gasteiger partial charge in [0, 0.05) is 26.7 Å². The van der Waals surface area contributed by atoms with Crippen molar-refractivity contribution in [3.8, 4) is 0 Å². The lowest BCUT2D eigenvalue weighted by molar-refractivity contribution is -0.145. The monoisotopic (exact) mass is 378 g/mol. The second kappa shape index (κ2) is 11.3.